The van der Waals surface area contributed by atoms with E-state index in [4.69, 9.17) is 4.74 Å². The van der Waals surface area contributed by atoms with Gasteiger partial charge in [0.2, 0.25) is 0 Å². The fourth-order valence-electron chi connectivity index (χ4n) is 3.15. The third-order valence-corrected chi connectivity index (χ3v) is 4.52. The molecular formula is C22H18O. The van der Waals surface area contributed by atoms with Gasteiger partial charge in [-0.3, -0.25) is 0 Å². The van der Waals surface area contributed by atoms with Crippen LogP contribution < -0.4 is 4.74 Å². The van der Waals surface area contributed by atoms with Crippen LogP contribution in [0.5, 0.6) is 11.5 Å². The van der Waals surface area contributed by atoms with E-state index in [1.807, 2.05) is 0 Å². The lowest BCUT2D eigenvalue weighted by molar-refractivity contribution is 0.477. The van der Waals surface area contributed by atoms with Gasteiger partial charge in [0.15, 0.2) is 0 Å². The third kappa shape index (κ3) is 2.35. The second-order valence-electron chi connectivity index (χ2n) is 5.92. The third-order valence-electron chi connectivity index (χ3n) is 4.52. The van der Waals surface area contributed by atoms with E-state index < -0.39 is 0 Å². The Morgan fingerprint density at radius 2 is 0.957 bits per heavy atom. The van der Waals surface area contributed by atoms with Crippen LogP contribution in [-0.2, 0) is 0 Å². The van der Waals surface area contributed by atoms with Gasteiger partial charge < -0.3 is 4.74 Å². The molecule has 4 rings (SSSR count). The van der Waals surface area contributed by atoms with Gasteiger partial charge in [-0.15, -0.1) is 0 Å². The lowest BCUT2D eigenvalue weighted by Gasteiger charge is -2.14. The first-order valence-corrected chi connectivity index (χ1v) is 7.88. The normalized spacial score (nSPS) is 11.0. The van der Waals surface area contributed by atoms with Crippen LogP contribution in [0.3, 0.4) is 0 Å². The molecule has 112 valence electrons. The first-order valence-electron chi connectivity index (χ1n) is 7.88. The van der Waals surface area contributed by atoms with E-state index in [1.165, 1.54) is 32.7 Å². The van der Waals surface area contributed by atoms with E-state index in [1.54, 1.807) is 0 Å². The zero-order valence-corrected chi connectivity index (χ0v) is 13.3. The fraction of sp³-hybridized carbons (Fsp3) is 0.0909. The molecule has 23 heavy (non-hydrogen) atoms. The molecule has 0 atom stereocenters. The number of hydrogen-bond donors (Lipinski definition) is 0. The van der Waals surface area contributed by atoms with Crippen molar-refractivity contribution in [3.63, 3.8) is 0 Å². The molecule has 0 aliphatic rings. The molecule has 0 radical (unpaired) electrons. The lowest BCUT2D eigenvalue weighted by atomic mass is 10.0. The zero-order valence-electron chi connectivity index (χ0n) is 13.3. The van der Waals surface area contributed by atoms with Crippen molar-refractivity contribution in [1.29, 1.82) is 0 Å². The number of rotatable bonds is 2. The molecule has 0 unspecified atom stereocenters. The fourth-order valence-corrected chi connectivity index (χ4v) is 3.15. The van der Waals surface area contributed by atoms with Gasteiger partial charge in [-0.25, -0.2) is 0 Å². The molecule has 0 saturated heterocycles. The summed E-state index contributed by atoms with van der Waals surface area (Å²) in [6.45, 7) is 4.24. The topological polar surface area (TPSA) is 9.23 Å². The van der Waals surface area contributed by atoms with Crippen molar-refractivity contribution in [2.24, 2.45) is 0 Å². The molecule has 0 aromatic heterocycles. The predicted octanol–water partition coefficient (Wildman–Crippen LogP) is 6.40. The second-order valence-corrected chi connectivity index (χ2v) is 5.92. The average Bonchev–Trinajstić information content (AvgIpc) is 2.60. The maximum Gasteiger partial charge on any atom is 0.130 e. The molecule has 0 bridgehead atoms. The summed E-state index contributed by atoms with van der Waals surface area (Å²) in [7, 11) is 0. The van der Waals surface area contributed by atoms with Crippen LogP contribution in [0.15, 0.2) is 72.8 Å². The highest BCUT2D eigenvalue weighted by Crippen LogP contribution is 2.34. The molecule has 0 saturated carbocycles. The molecule has 4 aromatic carbocycles. The first kappa shape index (κ1) is 13.8. The molecule has 1 heteroatoms. The average molecular weight is 298 g/mol. The van der Waals surface area contributed by atoms with Gasteiger partial charge in [-0.05, 0) is 58.7 Å². The summed E-state index contributed by atoms with van der Waals surface area (Å²) in [5.41, 5.74) is 2.35. The van der Waals surface area contributed by atoms with Crippen molar-refractivity contribution in [2.45, 2.75) is 13.8 Å². The number of aryl methyl sites for hydroxylation is 2. The molecule has 1 nitrogen and oxygen atoms in total. The minimum absolute atomic E-state index is 0.919. The van der Waals surface area contributed by atoms with Crippen LogP contribution in [0.25, 0.3) is 21.5 Å². The van der Waals surface area contributed by atoms with Gasteiger partial charge in [-0.2, -0.15) is 0 Å². The first-order chi connectivity index (χ1) is 11.2. The van der Waals surface area contributed by atoms with Gasteiger partial charge in [0.05, 0.1) is 0 Å². The van der Waals surface area contributed by atoms with Crippen molar-refractivity contribution in [3.05, 3.63) is 83.9 Å². The van der Waals surface area contributed by atoms with Crippen LogP contribution in [0, 0.1) is 13.8 Å². The Morgan fingerprint density at radius 3 is 1.43 bits per heavy atom. The van der Waals surface area contributed by atoms with E-state index in [0.717, 1.165) is 11.5 Å². The summed E-state index contributed by atoms with van der Waals surface area (Å²) in [6.07, 6.45) is 0. The van der Waals surface area contributed by atoms with Gasteiger partial charge in [-0.1, -0.05) is 60.7 Å². The minimum Gasteiger partial charge on any atom is -0.457 e. The zero-order chi connectivity index (χ0) is 15.8. The van der Waals surface area contributed by atoms with Crippen LogP contribution >= 0.6 is 0 Å². The monoisotopic (exact) mass is 298 g/mol. The Morgan fingerprint density at radius 1 is 0.522 bits per heavy atom. The number of benzene rings is 4. The molecule has 4 aromatic rings. The smallest absolute Gasteiger partial charge is 0.130 e. The minimum atomic E-state index is 0.919. The molecule has 0 N–H and O–H groups in total. The van der Waals surface area contributed by atoms with Crippen molar-refractivity contribution < 1.29 is 4.74 Å². The van der Waals surface area contributed by atoms with Crippen LogP contribution in [0.1, 0.15) is 11.1 Å². The Labute approximate surface area is 136 Å². The summed E-state index contributed by atoms with van der Waals surface area (Å²) in [5, 5.41) is 4.96. The molecule has 0 aliphatic carbocycles. The van der Waals surface area contributed by atoms with Gasteiger partial charge in [0.1, 0.15) is 11.5 Å². The van der Waals surface area contributed by atoms with E-state index in [0.29, 0.717) is 0 Å². The summed E-state index contributed by atoms with van der Waals surface area (Å²) in [5.74, 6) is 1.84. The maximum atomic E-state index is 6.26. The molecule has 0 spiro atoms. The van der Waals surface area contributed by atoms with E-state index in [2.05, 4.69) is 86.6 Å². The quantitative estimate of drug-likeness (QED) is 0.416. The van der Waals surface area contributed by atoms with Gasteiger partial charge in [0, 0.05) is 0 Å². The van der Waals surface area contributed by atoms with E-state index in [9.17, 15) is 0 Å². The summed E-state index contributed by atoms with van der Waals surface area (Å²) in [6, 6.07) is 25.2. The summed E-state index contributed by atoms with van der Waals surface area (Å²) < 4.78 is 6.26. The van der Waals surface area contributed by atoms with Crippen molar-refractivity contribution >= 4 is 21.5 Å². The van der Waals surface area contributed by atoms with E-state index in [-0.39, 0.29) is 0 Å². The number of fused-ring (bicyclic) bond motifs is 2. The largest absolute Gasteiger partial charge is 0.457 e. The Balaban J connectivity index is 1.82. The van der Waals surface area contributed by atoms with Crippen LogP contribution in [0.2, 0.25) is 0 Å². The van der Waals surface area contributed by atoms with E-state index >= 15 is 0 Å². The second kappa shape index (κ2) is 5.44. The molecule has 0 fully saturated rings. The number of hydrogen-bond acceptors (Lipinski definition) is 1. The lowest BCUT2D eigenvalue weighted by Crippen LogP contribution is -1.92. The molecule has 0 aliphatic heterocycles. The number of ether oxygens (including phenoxy) is 1. The summed E-state index contributed by atoms with van der Waals surface area (Å²) in [4.78, 5) is 0. The van der Waals surface area contributed by atoms with Crippen molar-refractivity contribution in [2.75, 3.05) is 0 Å². The highest BCUT2D eigenvalue weighted by atomic mass is 16.5. The highest BCUT2D eigenvalue weighted by Gasteiger charge is 2.09. The summed E-state index contributed by atoms with van der Waals surface area (Å²) >= 11 is 0. The van der Waals surface area contributed by atoms with Crippen LogP contribution in [0.4, 0.5) is 0 Å². The Hall–Kier alpha value is -2.80. The Kier molecular flexibility index (Phi) is 3.27. The van der Waals surface area contributed by atoms with Crippen LogP contribution in [-0.4, -0.2) is 0 Å². The standard InChI is InChI=1S/C22H18O/c1-15-19-9-5-3-7-17(19)11-13-21(15)23-22-14-12-18-8-4-6-10-20(18)16(22)2/h3-14H,1-2H3. The van der Waals surface area contributed by atoms with Gasteiger partial charge >= 0.3 is 0 Å². The predicted molar refractivity (Wildman–Crippen MR) is 97.4 cm³/mol. The maximum absolute atomic E-state index is 6.26. The molecule has 0 amide bonds. The van der Waals surface area contributed by atoms with Crippen molar-refractivity contribution in [3.8, 4) is 11.5 Å². The highest BCUT2D eigenvalue weighted by molar-refractivity contribution is 5.89. The van der Waals surface area contributed by atoms with Gasteiger partial charge in [0.25, 0.3) is 0 Å². The molecule has 0 heterocycles. The van der Waals surface area contributed by atoms with Crippen molar-refractivity contribution in [1.82, 2.24) is 0 Å². The SMILES string of the molecule is Cc1c(Oc2ccc3ccccc3c2C)ccc2ccccc12. The Bertz CT molecular complexity index is 931. The molecular weight excluding hydrogens is 280 g/mol.